The molecule has 2 amide bonds. The fourth-order valence-corrected chi connectivity index (χ4v) is 3.10. The fourth-order valence-electron chi connectivity index (χ4n) is 2.39. The first-order valence-corrected chi connectivity index (χ1v) is 10.5. The van der Waals surface area contributed by atoms with Crippen molar-refractivity contribution in [1.82, 2.24) is 0 Å². The number of para-hydroxylation sites is 1. The maximum Gasteiger partial charge on any atom is 0.262 e. The summed E-state index contributed by atoms with van der Waals surface area (Å²) in [5.74, 6) is -0.243. The molecule has 0 bridgehead atoms. The van der Waals surface area contributed by atoms with E-state index in [0.29, 0.717) is 22.7 Å². The summed E-state index contributed by atoms with van der Waals surface area (Å²) >= 11 is 4.40. The lowest BCUT2D eigenvalue weighted by Crippen LogP contribution is -2.21. The van der Waals surface area contributed by atoms with Crippen LogP contribution in [0.4, 0.5) is 11.4 Å². The Hall–Kier alpha value is -2.14. The van der Waals surface area contributed by atoms with E-state index in [2.05, 4.69) is 55.8 Å². The van der Waals surface area contributed by atoms with Crippen LogP contribution in [0.5, 0.6) is 5.75 Å². The van der Waals surface area contributed by atoms with Crippen molar-refractivity contribution in [3.8, 4) is 5.75 Å². The van der Waals surface area contributed by atoms with E-state index in [9.17, 15) is 9.59 Å². The predicted octanol–water partition coefficient (Wildman–Crippen LogP) is 5.17. The van der Waals surface area contributed by atoms with Gasteiger partial charge in [-0.1, -0.05) is 12.1 Å². The molecule has 0 atom stereocenters. The highest BCUT2D eigenvalue weighted by Gasteiger charge is 2.14. The van der Waals surface area contributed by atoms with Gasteiger partial charge in [-0.3, -0.25) is 9.59 Å². The molecule has 0 aromatic heterocycles. The zero-order chi connectivity index (χ0) is 19.9. The molecular formula is C21H16I2N2O3. The molecule has 0 radical (unpaired) electrons. The Morgan fingerprint density at radius 2 is 1.29 bits per heavy atom. The van der Waals surface area contributed by atoms with Crippen molar-refractivity contribution in [2.75, 3.05) is 17.2 Å². The molecule has 7 heteroatoms. The lowest BCUT2D eigenvalue weighted by Gasteiger charge is -2.12. The number of rotatable bonds is 6. The molecule has 0 aliphatic heterocycles. The molecule has 0 aliphatic carbocycles. The van der Waals surface area contributed by atoms with Crippen molar-refractivity contribution < 1.29 is 14.3 Å². The van der Waals surface area contributed by atoms with Crippen LogP contribution in [-0.2, 0) is 4.79 Å². The molecule has 0 unspecified atom stereocenters. The van der Waals surface area contributed by atoms with Crippen LogP contribution in [0.15, 0.2) is 72.8 Å². The van der Waals surface area contributed by atoms with Crippen LogP contribution in [0.2, 0.25) is 0 Å². The number of halogens is 2. The number of ether oxygens (including phenoxy) is 1. The maximum absolute atomic E-state index is 12.6. The van der Waals surface area contributed by atoms with Crippen molar-refractivity contribution in [1.29, 1.82) is 0 Å². The van der Waals surface area contributed by atoms with E-state index in [1.807, 2.05) is 48.5 Å². The summed E-state index contributed by atoms with van der Waals surface area (Å²) in [6.07, 6.45) is 0. The van der Waals surface area contributed by atoms with Crippen molar-refractivity contribution in [3.05, 3.63) is 85.5 Å². The molecule has 3 aromatic carbocycles. The summed E-state index contributed by atoms with van der Waals surface area (Å²) in [6, 6.07) is 21.8. The Balaban J connectivity index is 1.63. The van der Waals surface area contributed by atoms with Crippen LogP contribution in [0.1, 0.15) is 10.4 Å². The lowest BCUT2D eigenvalue weighted by molar-refractivity contribution is -0.118. The van der Waals surface area contributed by atoms with E-state index in [4.69, 9.17) is 4.74 Å². The smallest absolute Gasteiger partial charge is 0.262 e. The molecule has 3 rings (SSSR count). The van der Waals surface area contributed by atoms with Gasteiger partial charge >= 0.3 is 0 Å². The van der Waals surface area contributed by atoms with Crippen LogP contribution < -0.4 is 15.4 Å². The van der Waals surface area contributed by atoms with Crippen molar-refractivity contribution >= 4 is 68.4 Å². The van der Waals surface area contributed by atoms with Gasteiger partial charge in [0.25, 0.3) is 11.8 Å². The van der Waals surface area contributed by atoms with Crippen molar-refractivity contribution in [2.24, 2.45) is 0 Å². The standard InChI is InChI=1S/C21H16I2N2O3/c22-14-5-9-16(10-6-14)24-20(26)13-28-19-4-2-1-3-18(19)21(27)25-17-11-7-15(23)8-12-17/h1-12H,13H2,(H,24,26)(H,25,27). The van der Waals surface area contributed by atoms with E-state index >= 15 is 0 Å². The molecule has 0 spiro atoms. The SMILES string of the molecule is O=C(COc1ccccc1C(=O)Nc1ccc(I)cc1)Nc1ccc(I)cc1. The van der Waals surface area contributed by atoms with E-state index in [0.717, 1.165) is 7.14 Å². The maximum atomic E-state index is 12.6. The van der Waals surface area contributed by atoms with E-state index in [-0.39, 0.29) is 18.4 Å². The molecule has 0 saturated heterocycles. The Morgan fingerprint density at radius 1 is 0.750 bits per heavy atom. The number of benzene rings is 3. The van der Waals surface area contributed by atoms with Crippen LogP contribution in [0.25, 0.3) is 0 Å². The minimum atomic E-state index is -0.297. The number of carbonyl (C=O) groups excluding carboxylic acids is 2. The Morgan fingerprint density at radius 3 is 1.89 bits per heavy atom. The number of carbonyl (C=O) groups is 2. The minimum absolute atomic E-state index is 0.195. The van der Waals surface area contributed by atoms with Crippen LogP contribution in [-0.4, -0.2) is 18.4 Å². The molecule has 142 valence electrons. The summed E-state index contributed by atoms with van der Waals surface area (Å²) in [7, 11) is 0. The Bertz CT molecular complexity index is 974. The van der Waals surface area contributed by atoms with Gasteiger partial charge in [-0.2, -0.15) is 0 Å². The van der Waals surface area contributed by atoms with Crippen LogP contribution in [0.3, 0.4) is 0 Å². The summed E-state index contributed by atoms with van der Waals surface area (Å²) in [4.78, 5) is 24.7. The topological polar surface area (TPSA) is 67.4 Å². The first-order chi connectivity index (χ1) is 13.5. The van der Waals surface area contributed by atoms with Gasteiger partial charge in [0.05, 0.1) is 5.56 Å². The Labute approximate surface area is 190 Å². The third-order valence-corrected chi connectivity index (χ3v) is 5.16. The monoisotopic (exact) mass is 598 g/mol. The van der Waals surface area contributed by atoms with E-state index in [1.54, 1.807) is 24.3 Å². The second-order valence-corrected chi connectivity index (χ2v) is 8.29. The van der Waals surface area contributed by atoms with Crippen LogP contribution >= 0.6 is 45.2 Å². The summed E-state index contributed by atoms with van der Waals surface area (Å²) in [5, 5.41) is 5.60. The number of hydrogen-bond acceptors (Lipinski definition) is 3. The largest absolute Gasteiger partial charge is 0.483 e. The van der Waals surface area contributed by atoms with E-state index < -0.39 is 0 Å². The predicted molar refractivity (Wildman–Crippen MR) is 127 cm³/mol. The number of anilines is 2. The highest BCUT2D eigenvalue weighted by Crippen LogP contribution is 2.20. The number of hydrogen-bond donors (Lipinski definition) is 2. The highest BCUT2D eigenvalue weighted by atomic mass is 127. The molecule has 0 saturated carbocycles. The average Bonchev–Trinajstić information content (AvgIpc) is 2.70. The van der Waals surface area contributed by atoms with E-state index in [1.165, 1.54) is 0 Å². The average molecular weight is 598 g/mol. The normalized spacial score (nSPS) is 10.2. The molecule has 0 fully saturated rings. The molecule has 0 aliphatic rings. The van der Waals surface area contributed by atoms with Gasteiger partial charge in [-0.15, -0.1) is 0 Å². The zero-order valence-electron chi connectivity index (χ0n) is 14.6. The number of amides is 2. The van der Waals surface area contributed by atoms with Gasteiger partial charge in [-0.05, 0) is 106 Å². The molecule has 0 heterocycles. The number of nitrogens with one attached hydrogen (secondary N) is 2. The molecule has 3 aromatic rings. The Kier molecular flexibility index (Phi) is 7.26. The summed E-state index contributed by atoms with van der Waals surface area (Å²) in [5.41, 5.74) is 1.75. The quantitative estimate of drug-likeness (QED) is 0.386. The molecule has 28 heavy (non-hydrogen) atoms. The lowest BCUT2D eigenvalue weighted by atomic mass is 10.2. The molecular weight excluding hydrogens is 582 g/mol. The third-order valence-electron chi connectivity index (χ3n) is 3.72. The molecule has 2 N–H and O–H groups in total. The van der Waals surface area contributed by atoms with Gasteiger partial charge < -0.3 is 15.4 Å². The first-order valence-electron chi connectivity index (χ1n) is 8.35. The zero-order valence-corrected chi connectivity index (χ0v) is 18.9. The van der Waals surface area contributed by atoms with Gasteiger partial charge in [0.2, 0.25) is 0 Å². The molecule has 5 nitrogen and oxygen atoms in total. The fraction of sp³-hybridized carbons (Fsp3) is 0.0476. The van der Waals surface area contributed by atoms with Crippen molar-refractivity contribution in [2.45, 2.75) is 0 Å². The van der Waals surface area contributed by atoms with Gasteiger partial charge in [0.1, 0.15) is 5.75 Å². The second kappa shape index (κ2) is 9.87. The van der Waals surface area contributed by atoms with Gasteiger partial charge in [0.15, 0.2) is 6.61 Å². The first kappa shape index (κ1) is 20.6. The van der Waals surface area contributed by atoms with Gasteiger partial charge in [0, 0.05) is 18.5 Å². The van der Waals surface area contributed by atoms with Crippen LogP contribution in [0, 0.1) is 7.14 Å². The second-order valence-electron chi connectivity index (χ2n) is 5.80. The summed E-state index contributed by atoms with van der Waals surface area (Å²) < 4.78 is 7.76. The minimum Gasteiger partial charge on any atom is -0.483 e. The highest BCUT2D eigenvalue weighted by molar-refractivity contribution is 14.1. The third kappa shape index (κ3) is 5.93. The van der Waals surface area contributed by atoms with Gasteiger partial charge in [-0.25, -0.2) is 0 Å². The summed E-state index contributed by atoms with van der Waals surface area (Å²) in [6.45, 7) is -0.195. The van der Waals surface area contributed by atoms with Crippen molar-refractivity contribution in [3.63, 3.8) is 0 Å².